The van der Waals surface area contributed by atoms with Gasteiger partial charge in [0.05, 0.1) is 0 Å². The van der Waals surface area contributed by atoms with Gasteiger partial charge in [0.15, 0.2) is 0 Å². The average Bonchev–Trinajstić information content (AvgIpc) is 2.32. The third kappa shape index (κ3) is 6.55. The summed E-state index contributed by atoms with van der Waals surface area (Å²) in [4.78, 5) is 11.6. The number of carbonyl (C=O) groups is 1. The summed E-state index contributed by atoms with van der Waals surface area (Å²) >= 11 is 6.78. The second kappa shape index (κ2) is 8.70. The second-order valence-electron chi connectivity index (χ2n) is 4.45. The van der Waals surface area contributed by atoms with Gasteiger partial charge in [-0.2, -0.15) is 0 Å². The molecule has 100 valence electrons. The van der Waals surface area contributed by atoms with E-state index < -0.39 is 0 Å². The van der Waals surface area contributed by atoms with Gasteiger partial charge in [-0.05, 0) is 43.9 Å². The van der Waals surface area contributed by atoms with Crippen LogP contribution in [0, 0.1) is 0 Å². The number of nitrogens with one attached hydrogen (secondary N) is 1. The van der Waals surface area contributed by atoms with Crippen LogP contribution in [-0.4, -0.2) is 17.3 Å². The van der Waals surface area contributed by atoms with Gasteiger partial charge >= 0.3 is 0 Å². The van der Waals surface area contributed by atoms with E-state index in [1.165, 1.54) is 5.56 Å². The Morgan fingerprint density at radius 2 is 1.94 bits per heavy atom. The fourth-order valence-electron chi connectivity index (χ4n) is 1.75. The van der Waals surface area contributed by atoms with Gasteiger partial charge in [0, 0.05) is 22.3 Å². The van der Waals surface area contributed by atoms with E-state index in [0.29, 0.717) is 6.42 Å². The van der Waals surface area contributed by atoms with Crippen molar-refractivity contribution in [3.05, 3.63) is 34.3 Å². The molecule has 0 saturated carbocycles. The number of amides is 1. The fraction of sp³-hybridized carbons (Fsp3) is 0.500. The Labute approximate surface area is 126 Å². The van der Waals surface area contributed by atoms with Gasteiger partial charge in [0.25, 0.3) is 0 Å². The number of hydrogen-bond donors (Lipinski definition) is 1. The van der Waals surface area contributed by atoms with E-state index in [9.17, 15) is 4.79 Å². The summed E-state index contributed by atoms with van der Waals surface area (Å²) in [5.74, 6) is 0.153. The number of alkyl halides is 1. The average molecular weight is 377 g/mol. The smallest absolute Gasteiger partial charge is 0.220 e. The Balaban J connectivity index is 2.30. The summed E-state index contributed by atoms with van der Waals surface area (Å²) in [5, 5.41) is 4.00. The number of benzene rings is 1. The molecule has 18 heavy (non-hydrogen) atoms. The lowest BCUT2D eigenvalue weighted by Gasteiger charge is -2.14. The summed E-state index contributed by atoms with van der Waals surface area (Å²) < 4.78 is 1.08. The molecule has 0 heterocycles. The summed E-state index contributed by atoms with van der Waals surface area (Å²) in [6, 6.07) is 8.40. The first kappa shape index (κ1) is 15.7. The first-order valence-electron chi connectivity index (χ1n) is 6.21. The van der Waals surface area contributed by atoms with Crippen LogP contribution in [0.2, 0.25) is 0 Å². The Hall–Kier alpha value is -0.350. The van der Waals surface area contributed by atoms with Crippen LogP contribution in [-0.2, 0) is 11.2 Å². The highest BCUT2D eigenvalue weighted by Gasteiger charge is 2.07. The van der Waals surface area contributed by atoms with Crippen molar-refractivity contribution in [3.63, 3.8) is 0 Å². The van der Waals surface area contributed by atoms with Crippen molar-refractivity contribution >= 4 is 37.8 Å². The molecule has 4 heteroatoms. The number of unbranched alkanes of at least 4 members (excludes halogenated alkanes) is 1. The van der Waals surface area contributed by atoms with Gasteiger partial charge in [-0.15, -0.1) is 0 Å². The summed E-state index contributed by atoms with van der Waals surface area (Å²) in [5.41, 5.74) is 1.24. The summed E-state index contributed by atoms with van der Waals surface area (Å²) in [7, 11) is 0. The highest BCUT2D eigenvalue weighted by molar-refractivity contribution is 9.10. The van der Waals surface area contributed by atoms with E-state index in [-0.39, 0.29) is 11.9 Å². The molecule has 1 N–H and O–H groups in total. The maximum Gasteiger partial charge on any atom is 0.220 e. The molecular weight excluding hydrogens is 358 g/mol. The number of carbonyl (C=O) groups excluding carboxylic acids is 1. The molecule has 0 aliphatic rings. The highest BCUT2D eigenvalue weighted by atomic mass is 79.9. The lowest BCUT2D eigenvalue weighted by molar-refractivity contribution is -0.121. The minimum absolute atomic E-state index is 0.153. The molecule has 2 nitrogen and oxygen atoms in total. The molecule has 0 aromatic heterocycles. The Morgan fingerprint density at radius 3 is 2.56 bits per heavy atom. The molecule has 0 saturated heterocycles. The predicted octanol–water partition coefficient (Wildman–Crippen LogP) is 4.06. The molecule has 1 atom stereocenters. The molecule has 0 bridgehead atoms. The lowest BCUT2D eigenvalue weighted by atomic mass is 10.1. The van der Waals surface area contributed by atoms with Gasteiger partial charge in [-0.25, -0.2) is 0 Å². The van der Waals surface area contributed by atoms with E-state index >= 15 is 0 Å². The van der Waals surface area contributed by atoms with Crippen LogP contribution in [0.5, 0.6) is 0 Å². The van der Waals surface area contributed by atoms with Gasteiger partial charge < -0.3 is 5.32 Å². The Bertz CT molecular complexity index is 365. The van der Waals surface area contributed by atoms with Crippen LogP contribution in [0.15, 0.2) is 28.7 Å². The van der Waals surface area contributed by atoms with E-state index in [1.54, 1.807) is 0 Å². The van der Waals surface area contributed by atoms with Crippen molar-refractivity contribution in [2.24, 2.45) is 0 Å². The van der Waals surface area contributed by atoms with E-state index in [4.69, 9.17) is 0 Å². The molecule has 1 rings (SSSR count). The van der Waals surface area contributed by atoms with Crippen LogP contribution in [0.1, 0.15) is 31.7 Å². The lowest BCUT2D eigenvalue weighted by Crippen LogP contribution is -2.33. The fourth-order valence-corrected chi connectivity index (χ4v) is 2.41. The summed E-state index contributed by atoms with van der Waals surface area (Å²) in [6.45, 7) is 2.05. The van der Waals surface area contributed by atoms with Gasteiger partial charge in [-0.1, -0.05) is 44.0 Å². The van der Waals surface area contributed by atoms with Crippen LogP contribution in [0.3, 0.4) is 0 Å². The first-order valence-corrected chi connectivity index (χ1v) is 8.13. The minimum atomic E-state index is 0.153. The standard InChI is InChI=1S/C14H19Br2NO/c1-11(17-14(18)4-2-3-9-15)10-12-5-7-13(16)8-6-12/h5-8,11H,2-4,9-10H2,1H3,(H,17,18). The van der Waals surface area contributed by atoms with E-state index in [2.05, 4.69) is 49.3 Å². The summed E-state index contributed by atoms with van der Waals surface area (Å²) in [6.07, 6.45) is 3.49. The molecular formula is C14H19Br2NO. The van der Waals surface area contributed by atoms with Crippen molar-refractivity contribution in [2.45, 2.75) is 38.6 Å². The topological polar surface area (TPSA) is 29.1 Å². The zero-order valence-corrected chi connectivity index (χ0v) is 13.8. The Morgan fingerprint density at radius 1 is 1.28 bits per heavy atom. The van der Waals surface area contributed by atoms with Crippen LogP contribution < -0.4 is 5.32 Å². The number of halogens is 2. The third-order valence-corrected chi connectivity index (χ3v) is 3.74. The second-order valence-corrected chi connectivity index (χ2v) is 6.15. The molecule has 1 unspecified atom stereocenters. The zero-order valence-electron chi connectivity index (χ0n) is 10.6. The van der Waals surface area contributed by atoms with Crippen molar-refractivity contribution in [3.8, 4) is 0 Å². The molecule has 1 aromatic carbocycles. The minimum Gasteiger partial charge on any atom is -0.353 e. The quantitative estimate of drug-likeness (QED) is 0.564. The molecule has 0 radical (unpaired) electrons. The zero-order chi connectivity index (χ0) is 13.4. The number of hydrogen-bond acceptors (Lipinski definition) is 1. The van der Waals surface area contributed by atoms with Crippen LogP contribution in [0.4, 0.5) is 0 Å². The largest absolute Gasteiger partial charge is 0.353 e. The third-order valence-electron chi connectivity index (χ3n) is 2.65. The molecule has 0 aliphatic heterocycles. The molecule has 0 fully saturated rings. The van der Waals surface area contributed by atoms with Crippen molar-refractivity contribution in [1.29, 1.82) is 0 Å². The molecule has 0 aliphatic carbocycles. The van der Waals surface area contributed by atoms with Crippen molar-refractivity contribution < 1.29 is 4.79 Å². The first-order chi connectivity index (χ1) is 8.61. The van der Waals surface area contributed by atoms with Crippen molar-refractivity contribution in [1.82, 2.24) is 5.32 Å². The Kier molecular flexibility index (Phi) is 7.59. The van der Waals surface area contributed by atoms with Gasteiger partial charge in [-0.3, -0.25) is 4.79 Å². The molecule has 0 spiro atoms. The monoisotopic (exact) mass is 375 g/mol. The van der Waals surface area contributed by atoms with Gasteiger partial charge in [0.1, 0.15) is 0 Å². The molecule has 1 aromatic rings. The maximum absolute atomic E-state index is 11.6. The SMILES string of the molecule is CC(Cc1ccc(Br)cc1)NC(=O)CCCCBr. The maximum atomic E-state index is 11.6. The highest BCUT2D eigenvalue weighted by Crippen LogP contribution is 2.12. The van der Waals surface area contributed by atoms with Crippen molar-refractivity contribution in [2.75, 3.05) is 5.33 Å². The molecule has 1 amide bonds. The number of rotatable bonds is 7. The predicted molar refractivity (Wildman–Crippen MR) is 83.1 cm³/mol. The van der Waals surface area contributed by atoms with E-state index in [0.717, 1.165) is 29.1 Å². The van der Waals surface area contributed by atoms with Crippen LogP contribution >= 0.6 is 31.9 Å². The van der Waals surface area contributed by atoms with Gasteiger partial charge in [0.2, 0.25) is 5.91 Å². The van der Waals surface area contributed by atoms with E-state index in [1.807, 2.05) is 19.1 Å². The normalized spacial score (nSPS) is 12.2. The van der Waals surface area contributed by atoms with Crippen LogP contribution in [0.25, 0.3) is 0 Å².